The van der Waals surface area contributed by atoms with Crippen molar-refractivity contribution < 1.29 is 23.4 Å². The van der Waals surface area contributed by atoms with Gasteiger partial charge < -0.3 is 14.6 Å². The van der Waals surface area contributed by atoms with E-state index < -0.39 is 6.43 Å². The van der Waals surface area contributed by atoms with Gasteiger partial charge in [0.15, 0.2) is 0 Å². The fourth-order valence-corrected chi connectivity index (χ4v) is 3.13. The van der Waals surface area contributed by atoms with Gasteiger partial charge in [0.1, 0.15) is 0 Å². The van der Waals surface area contributed by atoms with Crippen LogP contribution in [0.15, 0.2) is 0 Å². The first kappa shape index (κ1) is 15.1. The number of halogens is 2. The minimum Gasteiger partial charge on any atom is -0.395 e. The molecule has 0 radical (unpaired) electrons. The number of rotatable bonds is 5. The van der Waals surface area contributed by atoms with Gasteiger partial charge in [-0.3, -0.25) is 4.90 Å². The molecule has 0 aromatic rings. The third-order valence-corrected chi connectivity index (χ3v) is 4.15. The summed E-state index contributed by atoms with van der Waals surface area (Å²) in [4.78, 5) is 1.71. The van der Waals surface area contributed by atoms with Crippen molar-refractivity contribution in [3.05, 3.63) is 0 Å². The molecule has 2 aliphatic rings. The van der Waals surface area contributed by atoms with E-state index in [2.05, 4.69) is 0 Å². The molecular formula is C13H23F2NO3. The van der Waals surface area contributed by atoms with Crippen LogP contribution in [0.2, 0.25) is 0 Å². The Morgan fingerprint density at radius 2 is 2.00 bits per heavy atom. The van der Waals surface area contributed by atoms with Crippen LogP contribution in [0.3, 0.4) is 0 Å². The maximum absolute atomic E-state index is 12.6. The maximum Gasteiger partial charge on any atom is 0.251 e. The SMILES string of the molecule is OCCN(CC(F)F)C1CCOC2(CCOCC2)C1. The predicted molar refractivity (Wildman–Crippen MR) is 66.4 cm³/mol. The highest BCUT2D eigenvalue weighted by Crippen LogP contribution is 2.36. The van der Waals surface area contributed by atoms with Crippen molar-refractivity contribution >= 4 is 0 Å². The van der Waals surface area contributed by atoms with E-state index in [-0.39, 0.29) is 24.8 Å². The third kappa shape index (κ3) is 4.08. The monoisotopic (exact) mass is 279 g/mol. The van der Waals surface area contributed by atoms with Crippen molar-refractivity contribution in [2.45, 2.75) is 43.8 Å². The van der Waals surface area contributed by atoms with Crippen LogP contribution in [0.5, 0.6) is 0 Å². The molecule has 19 heavy (non-hydrogen) atoms. The zero-order valence-electron chi connectivity index (χ0n) is 11.2. The highest BCUT2D eigenvalue weighted by atomic mass is 19.3. The molecule has 1 unspecified atom stereocenters. The van der Waals surface area contributed by atoms with Crippen molar-refractivity contribution in [1.29, 1.82) is 0 Å². The van der Waals surface area contributed by atoms with E-state index in [0.717, 1.165) is 25.7 Å². The highest BCUT2D eigenvalue weighted by molar-refractivity contribution is 4.92. The number of nitrogens with zero attached hydrogens (tertiary/aromatic N) is 1. The van der Waals surface area contributed by atoms with Crippen LogP contribution < -0.4 is 0 Å². The van der Waals surface area contributed by atoms with Gasteiger partial charge in [-0.15, -0.1) is 0 Å². The normalized spacial score (nSPS) is 27.3. The van der Waals surface area contributed by atoms with Crippen LogP contribution >= 0.6 is 0 Å². The van der Waals surface area contributed by atoms with Gasteiger partial charge in [0, 0.05) is 32.4 Å². The van der Waals surface area contributed by atoms with E-state index in [1.165, 1.54) is 0 Å². The van der Waals surface area contributed by atoms with Crippen molar-refractivity contribution in [3.63, 3.8) is 0 Å². The van der Waals surface area contributed by atoms with Gasteiger partial charge in [-0.25, -0.2) is 8.78 Å². The van der Waals surface area contributed by atoms with Crippen LogP contribution in [0.1, 0.15) is 25.7 Å². The molecule has 2 fully saturated rings. The van der Waals surface area contributed by atoms with E-state index in [4.69, 9.17) is 14.6 Å². The molecule has 0 bridgehead atoms. The molecule has 6 heteroatoms. The number of alkyl halides is 2. The first-order valence-electron chi connectivity index (χ1n) is 7.00. The van der Waals surface area contributed by atoms with Gasteiger partial charge in [0.25, 0.3) is 6.43 Å². The van der Waals surface area contributed by atoms with E-state index >= 15 is 0 Å². The second-order valence-corrected chi connectivity index (χ2v) is 5.40. The summed E-state index contributed by atoms with van der Waals surface area (Å²) >= 11 is 0. The molecule has 2 aliphatic heterocycles. The molecule has 0 amide bonds. The average molecular weight is 279 g/mol. The Hall–Kier alpha value is -0.300. The summed E-state index contributed by atoms with van der Waals surface area (Å²) in [6, 6.07) is 0.0769. The van der Waals surface area contributed by atoms with Crippen molar-refractivity contribution in [2.75, 3.05) is 39.5 Å². The Morgan fingerprint density at radius 3 is 2.63 bits per heavy atom. The zero-order valence-corrected chi connectivity index (χ0v) is 11.2. The summed E-state index contributed by atoms with van der Waals surface area (Å²) in [5.41, 5.74) is -0.197. The van der Waals surface area contributed by atoms with Gasteiger partial charge >= 0.3 is 0 Å². The first-order valence-corrected chi connectivity index (χ1v) is 7.00. The quantitative estimate of drug-likeness (QED) is 0.823. The van der Waals surface area contributed by atoms with Gasteiger partial charge in [-0.1, -0.05) is 0 Å². The van der Waals surface area contributed by atoms with E-state index in [1.54, 1.807) is 4.90 Å². The lowest BCUT2D eigenvalue weighted by Crippen LogP contribution is -2.52. The molecule has 0 saturated carbocycles. The molecule has 112 valence electrons. The Kier molecular flexibility index (Phi) is 5.50. The molecule has 1 atom stereocenters. The van der Waals surface area contributed by atoms with E-state index in [1.807, 2.05) is 0 Å². The van der Waals surface area contributed by atoms with Crippen LogP contribution in [-0.4, -0.2) is 67.6 Å². The molecule has 1 N–H and O–H groups in total. The molecule has 0 aliphatic carbocycles. The summed E-state index contributed by atoms with van der Waals surface area (Å²) in [5.74, 6) is 0. The van der Waals surface area contributed by atoms with Gasteiger partial charge in [0.05, 0.1) is 18.8 Å². The van der Waals surface area contributed by atoms with Crippen LogP contribution in [0, 0.1) is 0 Å². The lowest BCUT2D eigenvalue weighted by atomic mass is 9.83. The fourth-order valence-electron chi connectivity index (χ4n) is 3.13. The minimum absolute atomic E-state index is 0.0769. The van der Waals surface area contributed by atoms with Gasteiger partial charge in [0.2, 0.25) is 0 Å². The van der Waals surface area contributed by atoms with Gasteiger partial charge in [-0.2, -0.15) is 0 Å². The second kappa shape index (κ2) is 6.92. The van der Waals surface area contributed by atoms with Crippen molar-refractivity contribution in [1.82, 2.24) is 4.90 Å². The lowest BCUT2D eigenvalue weighted by molar-refractivity contribution is -0.154. The van der Waals surface area contributed by atoms with E-state index in [0.29, 0.717) is 26.4 Å². The number of hydrogen-bond donors (Lipinski definition) is 1. The van der Waals surface area contributed by atoms with Crippen LogP contribution in [0.25, 0.3) is 0 Å². The maximum atomic E-state index is 12.6. The van der Waals surface area contributed by atoms with Crippen molar-refractivity contribution in [3.8, 4) is 0 Å². The Bertz CT molecular complexity index is 267. The number of hydrogen-bond acceptors (Lipinski definition) is 4. The van der Waals surface area contributed by atoms with Crippen LogP contribution in [0.4, 0.5) is 8.78 Å². The molecule has 0 aromatic heterocycles. The average Bonchev–Trinajstić information content (AvgIpc) is 2.39. The topological polar surface area (TPSA) is 41.9 Å². The fraction of sp³-hybridized carbons (Fsp3) is 1.00. The Labute approximate surface area is 112 Å². The number of ether oxygens (including phenoxy) is 2. The Balaban J connectivity index is 1.97. The summed E-state index contributed by atoms with van der Waals surface area (Å²) in [5, 5.41) is 9.04. The third-order valence-electron chi connectivity index (χ3n) is 4.15. The molecule has 4 nitrogen and oxygen atoms in total. The summed E-state index contributed by atoms with van der Waals surface area (Å²) in [6.45, 7) is 1.93. The molecule has 2 rings (SSSR count). The molecule has 0 aromatic carbocycles. The standard InChI is InChI=1S/C13H23F2NO3/c14-12(15)10-16(4-5-17)11-1-6-19-13(9-11)2-7-18-8-3-13/h11-12,17H,1-10H2. The molecular weight excluding hydrogens is 256 g/mol. The highest BCUT2D eigenvalue weighted by Gasteiger charge is 2.40. The molecule has 2 heterocycles. The van der Waals surface area contributed by atoms with Crippen molar-refractivity contribution in [2.24, 2.45) is 0 Å². The zero-order chi connectivity index (χ0) is 13.7. The summed E-state index contributed by atoms with van der Waals surface area (Å²) < 4.78 is 36.5. The molecule has 2 saturated heterocycles. The predicted octanol–water partition coefficient (Wildman–Crippen LogP) is 1.27. The smallest absolute Gasteiger partial charge is 0.251 e. The summed E-state index contributed by atoms with van der Waals surface area (Å²) in [6.07, 6.45) is 0.842. The number of aliphatic hydroxyl groups excluding tert-OH is 1. The second-order valence-electron chi connectivity index (χ2n) is 5.40. The minimum atomic E-state index is -2.36. The summed E-state index contributed by atoms with van der Waals surface area (Å²) in [7, 11) is 0. The van der Waals surface area contributed by atoms with Crippen LogP contribution in [-0.2, 0) is 9.47 Å². The van der Waals surface area contributed by atoms with E-state index in [9.17, 15) is 8.78 Å². The number of aliphatic hydroxyl groups is 1. The lowest BCUT2D eigenvalue weighted by Gasteiger charge is -2.46. The first-order chi connectivity index (χ1) is 9.15. The Morgan fingerprint density at radius 1 is 1.26 bits per heavy atom. The van der Waals surface area contributed by atoms with Gasteiger partial charge in [-0.05, 0) is 25.7 Å². The molecule has 1 spiro atoms. The largest absolute Gasteiger partial charge is 0.395 e.